The number of nitrogens with zero attached hydrogens (tertiary/aromatic N) is 2. The van der Waals surface area contributed by atoms with Crippen LogP contribution in [-0.4, -0.2) is 20.7 Å². The summed E-state index contributed by atoms with van der Waals surface area (Å²) in [5.74, 6) is -0.00763. The molecule has 0 spiro atoms. The van der Waals surface area contributed by atoms with E-state index in [1.807, 2.05) is 56.3 Å². The summed E-state index contributed by atoms with van der Waals surface area (Å²) in [6.07, 6.45) is 1.88. The van der Waals surface area contributed by atoms with Crippen LogP contribution in [0, 0.1) is 28.1 Å². The van der Waals surface area contributed by atoms with E-state index in [2.05, 4.69) is 24.4 Å². The lowest BCUT2D eigenvalue weighted by Crippen LogP contribution is -2.42. The van der Waals surface area contributed by atoms with Crippen molar-refractivity contribution in [1.82, 2.24) is 5.32 Å². The lowest BCUT2D eigenvalue weighted by atomic mass is 9.79. The quantitative estimate of drug-likeness (QED) is 0.362. The van der Waals surface area contributed by atoms with Crippen LogP contribution in [0.4, 0.5) is 0 Å². The summed E-state index contributed by atoms with van der Waals surface area (Å²) in [4.78, 5) is 0.238. The first-order valence-electron chi connectivity index (χ1n) is 11.7. The number of nitriles is 2. The highest BCUT2D eigenvalue weighted by molar-refractivity contribution is 7.90. The van der Waals surface area contributed by atoms with Crippen molar-refractivity contribution in [2.45, 2.75) is 50.1 Å². The molecule has 3 rings (SSSR count). The zero-order valence-electron chi connectivity index (χ0n) is 20.9. The van der Waals surface area contributed by atoms with Gasteiger partial charge in [0.15, 0.2) is 9.84 Å². The topological polar surface area (TPSA) is 93.8 Å². The third kappa shape index (κ3) is 6.74. The molecule has 3 atom stereocenters. The Hall–Kier alpha value is -3.16. The fourth-order valence-electron chi connectivity index (χ4n) is 4.37. The van der Waals surface area contributed by atoms with Crippen molar-refractivity contribution < 1.29 is 8.42 Å². The van der Waals surface area contributed by atoms with E-state index in [-0.39, 0.29) is 22.9 Å². The van der Waals surface area contributed by atoms with Gasteiger partial charge in [-0.25, -0.2) is 8.42 Å². The first-order valence-corrected chi connectivity index (χ1v) is 13.9. The van der Waals surface area contributed by atoms with E-state index in [0.717, 1.165) is 16.7 Å². The molecule has 3 aromatic carbocycles. The van der Waals surface area contributed by atoms with Gasteiger partial charge in [0.05, 0.1) is 34.1 Å². The molecule has 0 aliphatic carbocycles. The third-order valence-electron chi connectivity index (χ3n) is 6.50. The van der Waals surface area contributed by atoms with Gasteiger partial charge in [-0.05, 0) is 80.3 Å². The standard InChI is InChI=1S/C29H30ClN3O2S/c1-20(33-28(29(2,3)19-32)23-10-14-26(15-11-23)36(4,34)35)27(17-21-8-12-25(30)13-9-21)24-7-5-6-22(16-24)18-31/h5-16,20,27-28,33H,17H2,1-4H3. The second kappa shape index (κ2) is 11.3. The van der Waals surface area contributed by atoms with Crippen LogP contribution < -0.4 is 5.32 Å². The van der Waals surface area contributed by atoms with Crippen LogP contribution in [0.2, 0.25) is 5.02 Å². The lowest BCUT2D eigenvalue weighted by Gasteiger charge is -2.36. The van der Waals surface area contributed by atoms with E-state index in [0.29, 0.717) is 17.0 Å². The van der Waals surface area contributed by atoms with Crippen molar-refractivity contribution in [1.29, 1.82) is 10.5 Å². The lowest BCUT2D eigenvalue weighted by molar-refractivity contribution is 0.281. The molecular weight excluding hydrogens is 490 g/mol. The normalized spacial score (nSPS) is 14.3. The van der Waals surface area contributed by atoms with Gasteiger partial charge in [-0.15, -0.1) is 0 Å². The molecule has 0 aromatic heterocycles. The molecule has 3 unspecified atom stereocenters. The predicted molar refractivity (Wildman–Crippen MR) is 143 cm³/mol. The van der Waals surface area contributed by atoms with Crippen molar-refractivity contribution in [3.05, 3.63) is 100 Å². The summed E-state index contributed by atoms with van der Waals surface area (Å²) in [5, 5.41) is 23.8. The summed E-state index contributed by atoms with van der Waals surface area (Å²) in [6.45, 7) is 5.81. The first kappa shape index (κ1) is 27.4. The Morgan fingerprint density at radius 2 is 1.61 bits per heavy atom. The van der Waals surface area contributed by atoms with Crippen LogP contribution in [0.3, 0.4) is 0 Å². The number of sulfone groups is 1. The first-order chi connectivity index (χ1) is 16.9. The van der Waals surface area contributed by atoms with Crippen LogP contribution in [0.25, 0.3) is 0 Å². The molecule has 0 amide bonds. The summed E-state index contributed by atoms with van der Waals surface area (Å²) in [7, 11) is -3.32. The molecule has 186 valence electrons. The van der Waals surface area contributed by atoms with Crippen molar-refractivity contribution in [3.63, 3.8) is 0 Å². The minimum Gasteiger partial charge on any atom is -0.305 e. The summed E-state index contributed by atoms with van der Waals surface area (Å²) in [6, 6.07) is 26.2. The molecule has 0 bridgehead atoms. The Balaban J connectivity index is 2.00. The van der Waals surface area contributed by atoms with Crippen LogP contribution >= 0.6 is 11.6 Å². The van der Waals surface area contributed by atoms with Gasteiger partial charge in [-0.1, -0.05) is 48.0 Å². The smallest absolute Gasteiger partial charge is 0.175 e. The summed E-state index contributed by atoms with van der Waals surface area (Å²) >= 11 is 6.09. The van der Waals surface area contributed by atoms with E-state index >= 15 is 0 Å². The van der Waals surface area contributed by atoms with Gasteiger partial charge in [0.25, 0.3) is 0 Å². The largest absolute Gasteiger partial charge is 0.305 e. The van der Waals surface area contributed by atoms with Gasteiger partial charge in [0.2, 0.25) is 0 Å². The summed E-state index contributed by atoms with van der Waals surface area (Å²) in [5.41, 5.74) is 2.77. The third-order valence-corrected chi connectivity index (χ3v) is 7.88. The number of halogens is 1. The average Bonchev–Trinajstić information content (AvgIpc) is 2.86. The zero-order valence-corrected chi connectivity index (χ0v) is 22.4. The van der Waals surface area contributed by atoms with Crippen molar-refractivity contribution >= 4 is 21.4 Å². The number of hydrogen-bond donors (Lipinski definition) is 1. The van der Waals surface area contributed by atoms with Crippen molar-refractivity contribution in [2.75, 3.05) is 6.26 Å². The van der Waals surface area contributed by atoms with Gasteiger partial charge in [0.1, 0.15) is 0 Å². The maximum absolute atomic E-state index is 11.9. The number of rotatable bonds is 9. The van der Waals surface area contributed by atoms with E-state index in [1.54, 1.807) is 30.3 Å². The molecule has 0 saturated carbocycles. The SMILES string of the molecule is CC(NC(c1ccc(S(C)(=O)=O)cc1)C(C)(C)C#N)C(Cc1ccc(Cl)cc1)c1cccc(C#N)c1. The van der Waals surface area contributed by atoms with Crippen LogP contribution in [0.15, 0.2) is 77.7 Å². The Morgan fingerprint density at radius 3 is 2.17 bits per heavy atom. The number of hydrogen-bond acceptors (Lipinski definition) is 5. The maximum atomic E-state index is 11.9. The highest BCUT2D eigenvalue weighted by Crippen LogP contribution is 2.36. The highest BCUT2D eigenvalue weighted by Gasteiger charge is 2.34. The Bertz CT molecular complexity index is 1390. The fraction of sp³-hybridized carbons (Fsp3) is 0.310. The van der Waals surface area contributed by atoms with E-state index < -0.39 is 15.3 Å². The van der Waals surface area contributed by atoms with Crippen LogP contribution in [0.1, 0.15) is 55.0 Å². The average molecular weight is 520 g/mol. The molecular formula is C29H30ClN3O2S. The maximum Gasteiger partial charge on any atom is 0.175 e. The molecule has 0 radical (unpaired) electrons. The van der Waals surface area contributed by atoms with Crippen LogP contribution in [0.5, 0.6) is 0 Å². The van der Waals surface area contributed by atoms with Gasteiger partial charge >= 0.3 is 0 Å². The van der Waals surface area contributed by atoms with Gasteiger partial charge in [-0.2, -0.15) is 10.5 Å². The zero-order chi connectivity index (χ0) is 26.5. The van der Waals surface area contributed by atoms with E-state index in [9.17, 15) is 18.9 Å². The molecule has 0 fully saturated rings. The summed E-state index contributed by atoms with van der Waals surface area (Å²) < 4.78 is 23.9. The molecule has 7 heteroatoms. The minimum absolute atomic E-state index is 0.00763. The molecule has 36 heavy (non-hydrogen) atoms. The second-order valence-corrected chi connectivity index (χ2v) is 12.2. The predicted octanol–water partition coefficient (Wildman–Crippen LogP) is 6.21. The Morgan fingerprint density at radius 1 is 0.972 bits per heavy atom. The van der Waals surface area contributed by atoms with Crippen molar-refractivity contribution in [2.24, 2.45) is 5.41 Å². The molecule has 1 N–H and O–H groups in total. The number of nitrogens with one attached hydrogen (secondary N) is 1. The molecule has 5 nitrogen and oxygen atoms in total. The van der Waals surface area contributed by atoms with E-state index in [4.69, 9.17) is 11.6 Å². The second-order valence-electron chi connectivity index (χ2n) is 9.74. The van der Waals surface area contributed by atoms with Gasteiger partial charge < -0.3 is 5.32 Å². The van der Waals surface area contributed by atoms with E-state index in [1.165, 1.54) is 6.26 Å². The number of benzene rings is 3. The molecule has 0 aliphatic heterocycles. The minimum atomic E-state index is -3.32. The highest BCUT2D eigenvalue weighted by atomic mass is 35.5. The Labute approximate surface area is 219 Å². The van der Waals surface area contributed by atoms with Gasteiger partial charge in [0, 0.05) is 23.2 Å². The fourth-order valence-corrected chi connectivity index (χ4v) is 5.13. The molecule has 3 aromatic rings. The van der Waals surface area contributed by atoms with Gasteiger partial charge in [-0.3, -0.25) is 0 Å². The monoisotopic (exact) mass is 519 g/mol. The molecule has 0 heterocycles. The molecule has 0 saturated heterocycles. The van der Waals surface area contributed by atoms with Crippen LogP contribution in [-0.2, 0) is 16.3 Å². The molecule has 0 aliphatic rings. The Kier molecular flexibility index (Phi) is 8.59. The van der Waals surface area contributed by atoms with Crippen molar-refractivity contribution in [3.8, 4) is 12.1 Å².